The van der Waals surface area contributed by atoms with Gasteiger partial charge >= 0.3 is 0 Å². The van der Waals surface area contributed by atoms with Crippen molar-refractivity contribution < 1.29 is 9.26 Å². The molecule has 0 N–H and O–H groups in total. The zero-order valence-corrected chi connectivity index (χ0v) is 10.6. The molecule has 3 aromatic rings. The van der Waals surface area contributed by atoms with Crippen molar-refractivity contribution in [2.45, 2.75) is 13.5 Å². The van der Waals surface area contributed by atoms with E-state index >= 15 is 0 Å². The van der Waals surface area contributed by atoms with Gasteiger partial charge in [-0.3, -0.25) is 0 Å². The van der Waals surface area contributed by atoms with Gasteiger partial charge in [-0.25, -0.2) is 15.0 Å². The van der Waals surface area contributed by atoms with Crippen LogP contribution in [0.15, 0.2) is 23.0 Å². The van der Waals surface area contributed by atoms with Crippen molar-refractivity contribution in [2.75, 3.05) is 0 Å². The van der Waals surface area contributed by atoms with Crippen LogP contribution in [0.25, 0.3) is 11.0 Å². The van der Waals surface area contributed by atoms with Gasteiger partial charge in [0.2, 0.25) is 5.88 Å². The lowest BCUT2D eigenvalue weighted by Crippen LogP contribution is -1.99. The van der Waals surface area contributed by atoms with Crippen molar-refractivity contribution in [1.29, 1.82) is 0 Å². The Morgan fingerprint density at radius 1 is 1.32 bits per heavy atom. The summed E-state index contributed by atoms with van der Waals surface area (Å²) < 4.78 is 10.3. The van der Waals surface area contributed by atoms with E-state index in [1.54, 1.807) is 19.2 Å². The van der Waals surface area contributed by atoms with Crippen molar-refractivity contribution in [3.63, 3.8) is 0 Å². The van der Waals surface area contributed by atoms with Crippen LogP contribution in [0.5, 0.6) is 5.88 Å². The Bertz CT molecular complexity index is 730. The Morgan fingerprint density at radius 3 is 3.00 bits per heavy atom. The number of fused-ring (bicyclic) bond motifs is 1. The first kappa shape index (κ1) is 11.8. The Hall–Kier alpha value is -2.28. The summed E-state index contributed by atoms with van der Waals surface area (Å²) in [6.07, 6.45) is 3.03. The normalized spacial score (nSPS) is 10.8. The minimum atomic E-state index is 0.139. The molecule has 0 amide bonds. The average molecular weight is 278 g/mol. The van der Waals surface area contributed by atoms with Crippen molar-refractivity contribution in [3.05, 3.63) is 35.3 Å². The summed E-state index contributed by atoms with van der Waals surface area (Å²) in [6.45, 7) is 1.87. The average Bonchev–Trinajstić information content (AvgIpc) is 2.82. The molecule has 0 aliphatic heterocycles. The molecule has 0 saturated heterocycles. The first-order valence-corrected chi connectivity index (χ1v) is 5.79. The van der Waals surface area contributed by atoms with Crippen molar-refractivity contribution in [2.24, 2.45) is 0 Å². The number of nitrogens with zero attached hydrogens (tertiary/aromatic N) is 5. The highest BCUT2D eigenvalue weighted by Gasteiger charge is 2.07. The molecule has 0 aromatic carbocycles. The van der Waals surface area contributed by atoms with Gasteiger partial charge < -0.3 is 9.26 Å². The second-order valence-electron chi connectivity index (χ2n) is 3.70. The number of aromatic nitrogens is 5. The lowest BCUT2D eigenvalue weighted by atomic mass is 10.4. The summed E-state index contributed by atoms with van der Waals surface area (Å²) in [5.41, 5.74) is 1.14. The van der Waals surface area contributed by atoms with Crippen LogP contribution >= 0.6 is 11.6 Å². The quantitative estimate of drug-likeness (QED) is 0.676. The molecule has 19 heavy (non-hydrogen) atoms. The summed E-state index contributed by atoms with van der Waals surface area (Å²) in [5.74, 6) is 1.29. The fourth-order valence-corrected chi connectivity index (χ4v) is 1.70. The molecule has 0 atom stereocenters. The van der Waals surface area contributed by atoms with Crippen LogP contribution in [0.4, 0.5) is 0 Å². The van der Waals surface area contributed by atoms with E-state index in [4.69, 9.17) is 20.9 Å². The third kappa shape index (κ3) is 2.45. The molecule has 0 aliphatic rings. The van der Waals surface area contributed by atoms with Crippen LogP contribution in [0.1, 0.15) is 11.7 Å². The molecule has 0 aliphatic carbocycles. The first-order valence-electron chi connectivity index (χ1n) is 5.41. The summed E-state index contributed by atoms with van der Waals surface area (Å²) in [7, 11) is 0. The maximum atomic E-state index is 5.90. The van der Waals surface area contributed by atoms with Gasteiger partial charge in [-0.2, -0.15) is 4.98 Å². The molecule has 0 unspecified atom stereocenters. The number of ether oxygens (including phenoxy) is 1. The van der Waals surface area contributed by atoms with E-state index in [9.17, 15) is 0 Å². The summed E-state index contributed by atoms with van der Waals surface area (Å²) >= 11 is 5.90. The van der Waals surface area contributed by atoms with E-state index in [-0.39, 0.29) is 6.61 Å². The van der Waals surface area contributed by atoms with Gasteiger partial charge in [0, 0.05) is 6.20 Å². The molecule has 8 heteroatoms. The largest absolute Gasteiger partial charge is 0.466 e. The van der Waals surface area contributed by atoms with E-state index in [1.807, 2.05) is 0 Å². The molecule has 3 aromatic heterocycles. The maximum absolute atomic E-state index is 5.90. The van der Waals surface area contributed by atoms with Crippen LogP contribution in [0.2, 0.25) is 5.15 Å². The molecule has 0 bridgehead atoms. The third-order valence-corrected chi connectivity index (χ3v) is 2.58. The molecule has 3 heterocycles. The summed E-state index contributed by atoms with van der Waals surface area (Å²) in [5, 5.41) is 3.97. The lowest BCUT2D eigenvalue weighted by Gasteiger charge is -2.03. The number of aryl methyl sites for hydroxylation is 1. The van der Waals surface area contributed by atoms with Gasteiger partial charge in [0.1, 0.15) is 5.52 Å². The Kier molecular flexibility index (Phi) is 2.96. The molecule has 0 saturated carbocycles. The predicted molar refractivity (Wildman–Crippen MR) is 65.7 cm³/mol. The lowest BCUT2D eigenvalue weighted by molar-refractivity contribution is 0.235. The van der Waals surface area contributed by atoms with Gasteiger partial charge in [-0.05, 0) is 13.0 Å². The topological polar surface area (TPSA) is 86.8 Å². The van der Waals surface area contributed by atoms with Crippen LogP contribution in [-0.4, -0.2) is 25.1 Å². The highest BCUT2D eigenvalue weighted by atomic mass is 35.5. The zero-order chi connectivity index (χ0) is 13.2. The fraction of sp³-hybridized carbons (Fsp3) is 0.182. The van der Waals surface area contributed by atoms with E-state index in [0.29, 0.717) is 33.8 Å². The van der Waals surface area contributed by atoms with Crippen LogP contribution in [0.3, 0.4) is 0 Å². The van der Waals surface area contributed by atoms with Gasteiger partial charge in [0.25, 0.3) is 5.89 Å². The predicted octanol–water partition coefficient (Wildman–Crippen LogP) is 1.95. The van der Waals surface area contributed by atoms with Crippen molar-refractivity contribution in [1.82, 2.24) is 25.1 Å². The standard InChI is InChI=1S/C11H8ClN5O2/c1-6-15-9(19-17-6)5-18-8-4-14-10-7(16-8)2-3-13-11(10)12/h2-4H,5H2,1H3. The first-order chi connectivity index (χ1) is 9.22. The fourth-order valence-electron chi connectivity index (χ4n) is 1.50. The number of hydrogen-bond donors (Lipinski definition) is 0. The molecule has 0 spiro atoms. The van der Waals surface area contributed by atoms with Gasteiger partial charge in [-0.1, -0.05) is 16.8 Å². The zero-order valence-electron chi connectivity index (χ0n) is 9.87. The molecule has 0 fully saturated rings. The van der Waals surface area contributed by atoms with Crippen molar-refractivity contribution >= 4 is 22.6 Å². The van der Waals surface area contributed by atoms with E-state index in [2.05, 4.69) is 25.1 Å². The molecular formula is C11H8ClN5O2. The minimum absolute atomic E-state index is 0.139. The van der Waals surface area contributed by atoms with Crippen LogP contribution in [-0.2, 0) is 6.61 Å². The molecular weight excluding hydrogens is 270 g/mol. The SMILES string of the molecule is Cc1noc(COc2cnc3c(Cl)nccc3n2)n1. The molecule has 3 rings (SSSR count). The van der Waals surface area contributed by atoms with E-state index < -0.39 is 0 Å². The number of hydrogen-bond acceptors (Lipinski definition) is 7. The van der Waals surface area contributed by atoms with Gasteiger partial charge in [-0.15, -0.1) is 0 Å². The molecule has 7 nitrogen and oxygen atoms in total. The van der Waals surface area contributed by atoms with Crippen LogP contribution in [0, 0.1) is 6.92 Å². The van der Waals surface area contributed by atoms with Gasteiger partial charge in [0.15, 0.2) is 17.6 Å². The second kappa shape index (κ2) is 4.77. The van der Waals surface area contributed by atoms with Crippen molar-refractivity contribution in [3.8, 4) is 5.88 Å². The second-order valence-corrected chi connectivity index (χ2v) is 4.06. The summed E-state index contributed by atoms with van der Waals surface area (Å²) in [6, 6.07) is 1.71. The number of rotatable bonds is 3. The van der Waals surface area contributed by atoms with Gasteiger partial charge in [0.05, 0.1) is 11.7 Å². The Labute approximate surface area is 112 Å². The monoisotopic (exact) mass is 277 g/mol. The smallest absolute Gasteiger partial charge is 0.264 e. The molecule has 0 radical (unpaired) electrons. The highest BCUT2D eigenvalue weighted by molar-refractivity contribution is 6.33. The molecule has 96 valence electrons. The van der Waals surface area contributed by atoms with E-state index in [1.165, 1.54) is 6.20 Å². The maximum Gasteiger partial charge on any atom is 0.264 e. The Balaban J connectivity index is 1.82. The Morgan fingerprint density at radius 2 is 2.21 bits per heavy atom. The van der Waals surface area contributed by atoms with E-state index in [0.717, 1.165) is 0 Å². The number of halogens is 1. The third-order valence-electron chi connectivity index (χ3n) is 2.31. The minimum Gasteiger partial charge on any atom is -0.466 e. The number of pyridine rings is 1. The summed E-state index contributed by atoms with van der Waals surface area (Å²) in [4.78, 5) is 16.4. The van der Waals surface area contributed by atoms with Crippen LogP contribution < -0.4 is 4.74 Å². The highest BCUT2D eigenvalue weighted by Crippen LogP contribution is 2.19.